The molecule has 16 heavy (non-hydrogen) atoms. The van der Waals surface area contributed by atoms with Crippen LogP contribution in [0.4, 0.5) is 13.2 Å². The van der Waals surface area contributed by atoms with Crippen LogP contribution in [0.15, 0.2) is 16.6 Å². The van der Waals surface area contributed by atoms with E-state index in [0.29, 0.717) is 18.5 Å². The highest BCUT2D eigenvalue weighted by molar-refractivity contribution is 9.10. The van der Waals surface area contributed by atoms with E-state index in [4.69, 9.17) is 0 Å². The Morgan fingerprint density at radius 2 is 2.00 bits per heavy atom. The van der Waals surface area contributed by atoms with Gasteiger partial charge in [0.15, 0.2) is 0 Å². The lowest BCUT2D eigenvalue weighted by Gasteiger charge is -2.12. The lowest BCUT2D eigenvalue weighted by molar-refractivity contribution is -0.137. The number of nitrogens with one attached hydrogen (secondary N) is 1. The van der Waals surface area contributed by atoms with Gasteiger partial charge in [0.25, 0.3) is 0 Å². The molecule has 0 heterocycles. The first-order valence-electron chi connectivity index (χ1n) is 4.59. The third-order valence-corrected chi connectivity index (χ3v) is 2.83. The minimum atomic E-state index is -4.44. The summed E-state index contributed by atoms with van der Waals surface area (Å²) < 4.78 is 37.4. The second-order valence-corrected chi connectivity index (χ2v) is 4.16. The molecular weight excluding hydrogens is 287 g/mol. The van der Waals surface area contributed by atoms with Gasteiger partial charge in [0.2, 0.25) is 0 Å². The number of rotatable bonds is 3. The summed E-state index contributed by atoms with van der Waals surface area (Å²) in [7, 11) is 1.73. The van der Waals surface area contributed by atoms with E-state index in [1.807, 2.05) is 0 Å². The molecule has 6 heteroatoms. The van der Waals surface area contributed by atoms with E-state index in [0.717, 1.165) is 12.1 Å². The Hall–Kier alpha value is -0.750. The van der Waals surface area contributed by atoms with Crippen molar-refractivity contribution in [2.45, 2.75) is 12.6 Å². The van der Waals surface area contributed by atoms with Gasteiger partial charge in [-0.1, -0.05) is 15.9 Å². The third kappa shape index (κ3) is 3.12. The van der Waals surface area contributed by atoms with Crippen LogP contribution in [-0.4, -0.2) is 18.7 Å². The van der Waals surface area contributed by atoms with E-state index in [1.165, 1.54) is 0 Å². The minimum absolute atomic E-state index is 0.273. The van der Waals surface area contributed by atoms with E-state index >= 15 is 0 Å². The second kappa shape index (κ2) is 5.05. The first kappa shape index (κ1) is 13.3. The van der Waals surface area contributed by atoms with Gasteiger partial charge >= 0.3 is 6.18 Å². The van der Waals surface area contributed by atoms with Gasteiger partial charge in [-0.3, -0.25) is 0 Å². The molecule has 0 amide bonds. The molecule has 0 aliphatic carbocycles. The molecule has 0 saturated heterocycles. The van der Waals surface area contributed by atoms with Crippen molar-refractivity contribution >= 4 is 15.9 Å². The Labute approximate surface area is 99.6 Å². The quantitative estimate of drug-likeness (QED) is 0.899. The number of hydrogen-bond acceptors (Lipinski definition) is 2. The van der Waals surface area contributed by atoms with Gasteiger partial charge in [0.05, 0.1) is 5.56 Å². The molecule has 0 atom stereocenters. The molecule has 1 aromatic rings. The molecule has 0 aliphatic heterocycles. The van der Waals surface area contributed by atoms with Gasteiger partial charge in [0, 0.05) is 10.0 Å². The molecule has 0 saturated carbocycles. The highest BCUT2D eigenvalue weighted by atomic mass is 79.9. The van der Waals surface area contributed by atoms with Crippen molar-refractivity contribution in [3.8, 4) is 5.75 Å². The summed E-state index contributed by atoms with van der Waals surface area (Å²) in [4.78, 5) is 0. The number of phenolic OH excluding ortho intramolecular Hbond substituents is 1. The summed E-state index contributed by atoms with van der Waals surface area (Å²) in [5.41, 5.74) is -0.382. The summed E-state index contributed by atoms with van der Waals surface area (Å²) in [5, 5.41) is 12.4. The number of hydrogen-bond donors (Lipinski definition) is 2. The molecule has 0 aromatic heterocycles. The number of halogens is 4. The zero-order chi connectivity index (χ0) is 12.3. The van der Waals surface area contributed by atoms with E-state index in [1.54, 1.807) is 7.05 Å². The van der Waals surface area contributed by atoms with Crippen LogP contribution in [0.25, 0.3) is 0 Å². The fourth-order valence-electron chi connectivity index (χ4n) is 1.28. The van der Waals surface area contributed by atoms with Crippen molar-refractivity contribution in [3.63, 3.8) is 0 Å². The van der Waals surface area contributed by atoms with Gasteiger partial charge in [-0.25, -0.2) is 0 Å². The zero-order valence-corrected chi connectivity index (χ0v) is 10.1. The Morgan fingerprint density at radius 1 is 1.38 bits per heavy atom. The fraction of sp³-hybridized carbons (Fsp3) is 0.400. The molecule has 0 fully saturated rings. The van der Waals surface area contributed by atoms with E-state index in [-0.39, 0.29) is 10.2 Å². The first-order chi connectivity index (χ1) is 7.36. The minimum Gasteiger partial charge on any atom is -0.508 e. The van der Waals surface area contributed by atoms with Crippen LogP contribution in [0.3, 0.4) is 0 Å². The van der Waals surface area contributed by atoms with Crippen molar-refractivity contribution in [1.82, 2.24) is 5.32 Å². The molecule has 0 bridgehead atoms. The van der Waals surface area contributed by atoms with Crippen LogP contribution < -0.4 is 5.32 Å². The van der Waals surface area contributed by atoms with Gasteiger partial charge in [-0.2, -0.15) is 13.2 Å². The van der Waals surface area contributed by atoms with Gasteiger partial charge in [-0.05, 0) is 32.1 Å². The lowest BCUT2D eigenvalue weighted by Crippen LogP contribution is -2.11. The van der Waals surface area contributed by atoms with Crippen molar-refractivity contribution in [2.75, 3.05) is 13.6 Å². The predicted octanol–water partition coefficient (Wildman–Crippen LogP) is 2.94. The number of phenols is 1. The molecule has 1 rings (SSSR count). The van der Waals surface area contributed by atoms with E-state index in [9.17, 15) is 18.3 Å². The number of likely N-dealkylation sites (N-methyl/N-ethyl adjacent to an activating group) is 1. The SMILES string of the molecule is CNCCc1c(O)cc(C(F)(F)F)cc1Br. The van der Waals surface area contributed by atoms with Crippen molar-refractivity contribution < 1.29 is 18.3 Å². The fourth-order valence-corrected chi connectivity index (χ4v) is 1.93. The highest BCUT2D eigenvalue weighted by Crippen LogP contribution is 2.36. The maximum Gasteiger partial charge on any atom is 0.416 e. The predicted molar refractivity (Wildman–Crippen MR) is 58.4 cm³/mol. The van der Waals surface area contributed by atoms with Crippen molar-refractivity contribution in [3.05, 3.63) is 27.7 Å². The topological polar surface area (TPSA) is 32.3 Å². The Kier molecular flexibility index (Phi) is 4.21. The van der Waals surface area contributed by atoms with Crippen LogP contribution in [0.2, 0.25) is 0 Å². The van der Waals surface area contributed by atoms with Crippen LogP contribution in [0.1, 0.15) is 11.1 Å². The van der Waals surface area contributed by atoms with Crippen LogP contribution in [0.5, 0.6) is 5.75 Å². The molecule has 90 valence electrons. The van der Waals surface area contributed by atoms with Crippen LogP contribution >= 0.6 is 15.9 Å². The molecule has 0 aliphatic rings. The highest BCUT2D eigenvalue weighted by Gasteiger charge is 2.31. The normalized spacial score (nSPS) is 11.8. The Bertz CT molecular complexity index is 356. The molecule has 0 unspecified atom stereocenters. The average Bonchev–Trinajstić information content (AvgIpc) is 2.15. The maximum atomic E-state index is 12.4. The Balaban J connectivity index is 3.08. The molecule has 2 N–H and O–H groups in total. The summed E-state index contributed by atoms with van der Waals surface area (Å²) in [6, 6.07) is 1.72. The Morgan fingerprint density at radius 3 is 2.44 bits per heavy atom. The lowest BCUT2D eigenvalue weighted by atomic mass is 10.1. The van der Waals surface area contributed by atoms with Gasteiger partial charge in [-0.15, -0.1) is 0 Å². The van der Waals surface area contributed by atoms with Crippen molar-refractivity contribution in [2.24, 2.45) is 0 Å². The van der Waals surface area contributed by atoms with E-state index in [2.05, 4.69) is 21.2 Å². The molecular formula is C10H11BrF3NO. The number of aromatic hydroxyl groups is 1. The first-order valence-corrected chi connectivity index (χ1v) is 5.38. The van der Waals surface area contributed by atoms with E-state index < -0.39 is 11.7 Å². The molecule has 1 aromatic carbocycles. The standard InChI is InChI=1S/C10H11BrF3NO/c1-15-3-2-7-8(11)4-6(5-9(7)16)10(12,13)14/h4-5,15-16H,2-3H2,1H3. The molecule has 0 radical (unpaired) electrons. The average molecular weight is 298 g/mol. The molecule has 0 spiro atoms. The second-order valence-electron chi connectivity index (χ2n) is 3.31. The van der Waals surface area contributed by atoms with Gasteiger partial charge < -0.3 is 10.4 Å². The molecule has 2 nitrogen and oxygen atoms in total. The monoisotopic (exact) mass is 297 g/mol. The van der Waals surface area contributed by atoms with Crippen LogP contribution in [0, 0.1) is 0 Å². The summed E-state index contributed by atoms with van der Waals surface area (Å²) >= 11 is 3.03. The summed E-state index contributed by atoms with van der Waals surface area (Å²) in [5.74, 6) is -0.336. The smallest absolute Gasteiger partial charge is 0.416 e. The summed E-state index contributed by atoms with van der Waals surface area (Å²) in [6.45, 7) is 0.581. The number of alkyl halides is 3. The maximum absolute atomic E-state index is 12.4. The van der Waals surface area contributed by atoms with Gasteiger partial charge in [0.1, 0.15) is 5.75 Å². The largest absolute Gasteiger partial charge is 0.508 e. The number of benzene rings is 1. The zero-order valence-electron chi connectivity index (χ0n) is 8.53. The van der Waals surface area contributed by atoms with Crippen molar-refractivity contribution in [1.29, 1.82) is 0 Å². The summed E-state index contributed by atoms with van der Waals surface area (Å²) in [6.07, 6.45) is -3.98. The third-order valence-electron chi connectivity index (χ3n) is 2.12. The van der Waals surface area contributed by atoms with Crippen LogP contribution in [-0.2, 0) is 12.6 Å².